The van der Waals surface area contributed by atoms with E-state index in [1.54, 1.807) is 48.9 Å². The lowest BCUT2D eigenvalue weighted by atomic mass is 10.0. The SMILES string of the molecule is CC/C=C/C(=C\NC(C)=NC(C)c1cccnc1)C(=O)c1cccc(C#N)c1. The van der Waals surface area contributed by atoms with E-state index in [0.717, 1.165) is 12.0 Å². The summed E-state index contributed by atoms with van der Waals surface area (Å²) in [5, 5.41) is 12.2. The Morgan fingerprint density at radius 2 is 2.18 bits per heavy atom. The fourth-order valence-corrected chi connectivity index (χ4v) is 2.54. The number of hydrogen-bond acceptors (Lipinski definition) is 4. The molecule has 142 valence electrons. The Morgan fingerprint density at radius 3 is 2.86 bits per heavy atom. The molecule has 0 amide bonds. The van der Waals surface area contributed by atoms with Crippen LogP contribution in [0.5, 0.6) is 0 Å². The van der Waals surface area contributed by atoms with Crippen LogP contribution < -0.4 is 5.32 Å². The van der Waals surface area contributed by atoms with Gasteiger partial charge in [-0.25, -0.2) is 0 Å². The molecule has 0 aliphatic rings. The summed E-state index contributed by atoms with van der Waals surface area (Å²) in [6.45, 7) is 5.85. The minimum Gasteiger partial charge on any atom is -0.350 e. The van der Waals surface area contributed by atoms with Crippen LogP contribution in [-0.4, -0.2) is 16.6 Å². The second-order valence-corrected chi connectivity index (χ2v) is 6.25. The smallest absolute Gasteiger partial charge is 0.194 e. The summed E-state index contributed by atoms with van der Waals surface area (Å²) >= 11 is 0. The average molecular weight is 372 g/mol. The van der Waals surface area contributed by atoms with Gasteiger partial charge in [0.25, 0.3) is 0 Å². The molecule has 1 aromatic heterocycles. The number of allylic oxidation sites excluding steroid dienone is 3. The number of nitriles is 1. The van der Waals surface area contributed by atoms with Crippen molar-refractivity contribution in [3.8, 4) is 6.07 Å². The van der Waals surface area contributed by atoms with Gasteiger partial charge in [0.15, 0.2) is 5.78 Å². The van der Waals surface area contributed by atoms with E-state index in [9.17, 15) is 4.79 Å². The van der Waals surface area contributed by atoms with Crippen LogP contribution in [0.4, 0.5) is 0 Å². The highest BCUT2D eigenvalue weighted by molar-refractivity contribution is 6.10. The van der Waals surface area contributed by atoms with Crippen LogP contribution in [-0.2, 0) is 0 Å². The predicted octanol–water partition coefficient (Wildman–Crippen LogP) is 4.76. The summed E-state index contributed by atoms with van der Waals surface area (Å²) in [6, 6.07) is 12.6. The quantitative estimate of drug-likeness (QED) is 0.250. The summed E-state index contributed by atoms with van der Waals surface area (Å²) in [7, 11) is 0. The van der Waals surface area contributed by atoms with Crippen molar-refractivity contribution in [1.29, 1.82) is 5.26 Å². The Hall–Kier alpha value is -3.52. The van der Waals surface area contributed by atoms with E-state index in [4.69, 9.17) is 5.26 Å². The molecule has 1 N–H and O–H groups in total. The summed E-state index contributed by atoms with van der Waals surface area (Å²) in [5.74, 6) is 0.541. The van der Waals surface area contributed by atoms with Gasteiger partial charge in [-0.05, 0) is 44.0 Å². The number of benzene rings is 1. The lowest BCUT2D eigenvalue weighted by molar-refractivity contribution is 0.103. The summed E-state index contributed by atoms with van der Waals surface area (Å²) < 4.78 is 0. The van der Waals surface area contributed by atoms with Crippen molar-refractivity contribution in [2.75, 3.05) is 0 Å². The highest BCUT2D eigenvalue weighted by atomic mass is 16.1. The fourth-order valence-electron chi connectivity index (χ4n) is 2.54. The van der Waals surface area contributed by atoms with Crippen molar-refractivity contribution in [3.63, 3.8) is 0 Å². The van der Waals surface area contributed by atoms with E-state index in [1.807, 2.05) is 39.0 Å². The molecule has 5 heteroatoms. The molecule has 0 bridgehead atoms. The molecular weight excluding hydrogens is 348 g/mol. The Bertz CT molecular complexity index is 937. The van der Waals surface area contributed by atoms with E-state index in [2.05, 4.69) is 21.4 Å². The summed E-state index contributed by atoms with van der Waals surface area (Å²) in [5.41, 5.74) is 2.45. The number of aliphatic imine (C=N–C) groups is 1. The van der Waals surface area contributed by atoms with Gasteiger partial charge in [0.2, 0.25) is 0 Å². The third kappa shape index (κ3) is 6.03. The van der Waals surface area contributed by atoms with E-state index in [-0.39, 0.29) is 11.8 Å². The predicted molar refractivity (Wildman–Crippen MR) is 112 cm³/mol. The van der Waals surface area contributed by atoms with E-state index < -0.39 is 0 Å². The number of aromatic nitrogens is 1. The van der Waals surface area contributed by atoms with Crippen molar-refractivity contribution in [1.82, 2.24) is 10.3 Å². The number of nitrogens with zero attached hydrogens (tertiary/aromatic N) is 3. The van der Waals surface area contributed by atoms with Gasteiger partial charge < -0.3 is 5.32 Å². The number of amidine groups is 1. The average Bonchev–Trinajstić information content (AvgIpc) is 2.74. The molecule has 1 unspecified atom stereocenters. The van der Waals surface area contributed by atoms with Gasteiger partial charge in [-0.1, -0.05) is 37.3 Å². The van der Waals surface area contributed by atoms with Crippen molar-refractivity contribution in [3.05, 3.63) is 89.4 Å². The second-order valence-electron chi connectivity index (χ2n) is 6.25. The van der Waals surface area contributed by atoms with Crippen molar-refractivity contribution in [2.45, 2.75) is 33.2 Å². The molecule has 0 spiro atoms. The number of hydrogen-bond donors (Lipinski definition) is 1. The fraction of sp³-hybridized carbons (Fsp3) is 0.217. The van der Waals surface area contributed by atoms with Crippen molar-refractivity contribution in [2.24, 2.45) is 4.99 Å². The maximum atomic E-state index is 12.9. The molecule has 1 heterocycles. The van der Waals surface area contributed by atoms with Gasteiger partial charge in [-0.2, -0.15) is 5.26 Å². The minimum atomic E-state index is -0.151. The maximum Gasteiger partial charge on any atom is 0.194 e. The van der Waals surface area contributed by atoms with Gasteiger partial charge in [0, 0.05) is 29.7 Å². The van der Waals surface area contributed by atoms with Gasteiger partial charge in [-0.15, -0.1) is 0 Å². The molecular formula is C23H24N4O. The minimum absolute atomic E-state index is 0.0488. The van der Waals surface area contributed by atoms with Crippen molar-refractivity contribution >= 4 is 11.6 Å². The highest BCUT2D eigenvalue weighted by Gasteiger charge is 2.11. The standard InChI is InChI=1S/C23H24N4O/c1-4-5-9-22(23(28)20-10-6-8-19(13-20)14-24)16-26-18(3)27-17(2)21-11-7-12-25-15-21/h5-13,15-17H,4H2,1-3H3,(H,26,27)/b9-5+,22-16+. The number of Topliss-reactive ketones (excluding diaryl/α,β-unsaturated/α-hetero) is 1. The zero-order chi connectivity index (χ0) is 20.4. The van der Waals surface area contributed by atoms with Crippen LogP contribution >= 0.6 is 0 Å². The number of ketones is 1. The first-order valence-corrected chi connectivity index (χ1v) is 9.17. The Balaban J connectivity index is 2.21. The van der Waals surface area contributed by atoms with Gasteiger partial charge in [-0.3, -0.25) is 14.8 Å². The summed E-state index contributed by atoms with van der Waals surface area (Å²) in [6.07, 6.45) is 9.69. The van der Waals surface area contributed by atoms with Crippen LogP contribution in [0.15, 0.2) is 77.7 Å². The molecule has 0 aliphatic heterocycles. The Labute approximate surface area is 166 Å². The van der Waals surface area contributed by atoms with E-state index >= 15 is 0 Å². The molecule has 5 nitrogen and oxygen atoms in total. The highest BCUT2D eigenvalue weighted by Crippen LogP contribution is 2.15. The van der Waals surface area contributed by atoms with Crippen LogP contribution in [0.3, 0.4) is 0 Å². The molecule has 1 atom stereocenters. The van der Waals surface area contributed by atoms with Gasteiger partial charge in [0.1, 0.15) is 0 Å². The Kier molecular flexibility index (Phi) is 7.86. The Morgan fingerprint density at radius 1 is 1.36 bits per heavy atom. The zero-order valence-electron chi connectivity index (χ0n) is 16.4. The van der Waals surface area contributed by atoms with Gasteiger partial charge >= 0.3 is 0 Å². The first-order valence-electron chi connectivity index (χ1n) is 9.17. The zero-order valence-corrected chi connectivity index (χ0v) is 16.4. The maximum absolute atomic E-state index is 12.9. The van der Waals surface area contributed by atoms with Gasteiger partial charge in [0.05, 0.1) is 23.5 Å². The van der Waals surface area contributed by atoms with E-state index in [0.29, 0.717) is 22.5 Å². The number of carbonyl (C=O) groups excluding carboxylic acids is 1. The van der Waals surface area contributed by atoms with Crippen LogP contribution in [0.25, 0.3) is 0 Å². The lowest BCUT2D eigenvalue weighted by Crippen LogP contribution is -2.17. The molecule has 2 rings (SSSR count). The molecule has 2 aromatic rings. The lowest BCUT2D eigenvalue weighted by Gasteiger charge is -2.09. The molecule has 0 saturated carbocycles. The summed E-state index contributed by atoms with van der Waals surface area (Å²) in [4.78, 5) is 21.6. The number of rotatable bonds is 7. The molecule has 0 aliphatic carbocycles. The van der Waals surface area contributed by atoms with Crippen LogP contribution in [0, 0.1) is 11.3 Å². The first-order chi connectivity index (χ1) is 13.5. The third-order valence-corrected chi connectivity index (χ3v) is 4.04. The van der Waals surface area contributed by atoms with Crippen LogP contribution in [0.1, 0.15) is 54.7 Å². The molecule has 0 radical (unpaired) electrons. The monoisotopic (exact) mass is 372 g/mol. The first kappa shape index (κ1) is 20.8. The third-order valence-electron chi connectivity index (χ3n) is 4.04. The number of nitrogens with one attached hydrogen (secondary N) is 1. The normalized spacial score (nSPS) is 13.2. The largest absolute Gasteiger partial charge is 0.350 e. The van der Waals surface area contributed by atoms with Crippen LogP contribution in [0.2, 0.25) is 0 Å². The number of carbonyl (C=O) groups is 1. The van der Waals surface area contributed by atoms with Crippen molar-refractivity contribution < 1.29 is 4.79 Å². The second kappa shape index (κ2) is 10.6. The molecule has 0 fully saturated rings. The molecule has 0 saturated heterocycles. The molecule has 1 aromatic carbocycles. The molecule has 28 heavy (non-hydrogen) atoms. The topological polar surface area (TPSA) is 78.1 Å². The van der Waals surface area contributed by atoms with E-state index in [1.165, 1.54) is 0 Å². The number of pyridine rings is 1.